The predicted octanol–water partition coefficient (Wildman–Crippen LogP) is 1.47. The SMILES string of the molecule is CNC(=O)N(C)Cc1ccc(OC)cc1. The van der Waals surface area contributed by atoms with Crippen molar-refractivity contribution in [1.82, 2.24) is 10.2 Å². The monoisotopic (exact) mass is 208 g/mol. The van der Waals surface area contributed by atoms with Gasteiger partial charge in [0.15, 0.2) is 0 Å². The van der Waals surface area contributed by atoms with Crippen LogP contribution in [0.25, 0.3) is 0 Å². The van der Waals surface area contributed by atoms with Crippen LogP contribution in [0, 0.1) is 0 Å². The summed E-state index contributed by atoms with van der Waals surface area (Å²) in [5.74, 6) is 0.821. The van der Waals surface area contributed by atoms with E-state index in [1.807, 2.05) is 24.3 Å². The van der Waals surface area contributed by atoms with E-state index in [0.717, 1.165) is 11.3 Å². The summed E-state index contributed by atoms with van der Waals surface area (Å²) >= 11 is 0. The van der Waals surface area contributed by atoms with Crippen molar-refractivity contribution in [3.05, 3.63) is 29.8 Å². The van der Waals surface area contributed by atoms with Crippen LogP contribution < -0.4 is 10.1 Å². The number of nitrogens with one attached hydrogen (secondary N) is 1. The van der Waals surface area contributed by atoms with Gasteiger partial charge in [0.05, 0.1) is 7.11 Å². The molecule has 4 heteroatoms. The molecule has 0 aromatic heterocycles. The summed E-state index contributed by atoms with van der Waals surface area (Å²) in [7, 11) is 5.00. The largest absolute Gasteiger partial charge is 0.497 e. The average Bonchev–Trinajstić information content (AvgIpc) is 2.29. The summed E-state index contributed by atoms with van der Waals surface area (Å²) in [6.07, 6.45) is 0. The Morgan fingerprint density at radius 2 is 2.00 bits per heavy atom. The van der Waals surface area contributed by atoms with Gasteiger partial charge in [-0.2, -0.15) is 0 Å². The fourth-order valence-electron chi connectivity index (χ4n) is 1.27. The molecule has 15 heavy (non-hydrogen) atoms. The van der Waals surface area contributed by atoms with Gasteiger partial charge in [-0.25, -0.2) is 4.79 Å². The van der Waals surface area contributed by atoms with Gasteiger partial charge in [0.2, 0.25) is 0 Å². The van der Waals surface area contributed by atoms with Crippen LogP contribution >= 0.6 is 0 Å². The third-order valence-electron chi connectivity index (χ3n) is 2.14. The van der Waals surface area contributed by atoms with E-state index in [1.165, 1.54) is 0 Å². The number of rotatable bonds is 3. The first kappa shape index (κ1) is 11.4. The molecule has 0 radical (unpaired) electrons. The number of amides is 2. The molecule has 1 aromatic carbocycles. The zero-order chi connectivity index (χ0) is 11.3. The highest BCUT2D eigenvalue weighted by Crippen LogP contribution is 2.12. The Morgan fingerprint density at radius 1 is 1.40 bits per heavy atom. The number of carbonyl (C=O) groups is 1. The molecule has 0 aliphatic heterocycles. The molecule has 4 nitrogen and oxygen atoms in total. The van der Waals surface area contributed by atoms with Crippen LogP contribution in [0.2, 0.25) is 0 Å². The van der Waals surface area contributed by atoms with E-state index in [1.54, 1.807) is 26.1 Å². The lowest BCUT2D eigenvalue weighted by molar-refractivity contribution is 0.209. The van der Waals surface area contributed by atoms with Gasteiger partial charge < -0.3 is 15.0 Å². The average molecular weight is 208 g/mol. The van der Waals surface area contributed by atoms with Gasteiger partial charge in [-0.05, 0) is 17.7 Å². The molecule has 1 N–H and O–H groups in total. The second-order valence-electron chi connectivity index (χ2n) is 3.26. The van der Waals surface area contributed by atoms with E-state index in [9.17, 15) is 4.79 Å². The second kappa shape index (κ2) is 5.24. The van der Waals surface area contributed by atoms with Crippen molar-refractivity contribution in [2.45, 2.75) is 6.54 Å². The molecule has 0 aliphatic carbocycles. The quantitative estimate of drug-likeness (QED) is 0.817. The summed E-state index contributed by atoms with van der Waals surface area (Å²) in [5, 5.41) is 2.57. The zero-order valence-corrected chi connectivity index (χ0v) is 9.28. The molecule has 0 heterocycles. The summed E-state index contributed by atoms with van der Waals surface area (Å²) in [6.45, 7) is 0.587. The Labute approximate surface area is 89.8 Å². The first-order valence-corrected chi connectivity index (χ1v) is 4.73. The maximum absolute atomic E-state index is 11.2. The number of ether oxygens (including phenoxy) is 1. The lowest BCUT2D eigenvalue weighted by Gasteiger charge is -2.16. The smallest absolute Gasteiger partial charge is 0.317 e. The van der Waals surface area contributed by atoms with Crippen molar-refractivity contribution in [2.24, 2.45) is 0 Å². The minimum absolute atomic E-state index is 0.0918. The van der Waals surface area contributed by atoms with Gasteiger partial charge in [-0.15, -0.1) is 0 Å². The topological polar surface area (TPSA) is 41.6 Å². The lowest BCUT2D eigenvalue weighted by Crippen LogP contribution is -2.34. The molecule has 1 rings (SSSR count). The van der Waals surface area contributed by atoms with Crippen LogP contribution in [0.5, 0.6) is 5.75 Å². The van der Waals surface area contributed by atoms with Crippen molar-refractivity contribution < 1.29 is 9.53 Å². The van der Waals surface area contributed by atoms with E-state index in [2.05, 4.69) is 5.32 Å². The third-order valence-corrected chi connectivity index (χ3v) is 2.14. The van der Waals surface area contributed by atoms with Crippen LogP contribution in [-0.2, 0) is 6.54 Å². The number of methoxy groups -OCH3 is 1. The number of hydrogen-bond donors (Lipinski definition) is 1. The molecular formula is C11H16N2O2. The van der Waals surface area contributed by atoms with Crippen LogP contribution in [-0.4, -0.2) is 32.1 Å². The fourth-order valence-corrected chi connectivity index (χ4v) is 1.27. The Bertz CT molecular complexity index is 322. The normalized spacial score (nSPS) is 9.53. The van der Waals surface area contributed by atoms with E-state index in [-0.39, 0.29) is 6.03 Å². The van der Waals surface area contributed by atoms with Crippen LogP contribution in [0.3, 0.4) is 0 Å². The van der Waals surface area contributed by atoms with E-state index >= 15 is 0 Å². The molecule has 0 spiro atoms. The van der Waals surface area contributed by atoms with E-state index in [4.69, 9.17) is 4.74 Å². The van der Waals surface area contributed by atoms with E-state index in [0.29, 0.717) is 6.54 Å². The molecule has 0 aliphatic rings. The van der Waals surface area contributed by atoms with Crippen molar-refractivity contribution in [3.63, 3.8) is 0 Å². The van der Waals surface area contributed by atoms with E-state index < -0.39 is 0 Å². The summed E-state index contributed by atoms with van der Waals surface area (Å²) in [5.41, 5.74) is 1.07. The molecule has 0 bridgehead atoms. The van der Waals surface area contributed by atoms with Gasteiger partial charge in [0.25, 0.3) is 0 Å². The van der Waals surface area contributed by atoms with Gasteiger partial charge in [-0.1, -0.05) is 12.1 Å². The predicted molar refractivity (Wildman–Crippen MR) is 58.9 cm³/mol. The van der Waals surface area contributed by atoms with Crippen LogP contribution in [0.4, 0.5) is 4.79 Å². The Balaban J connectivity index is 2.60. The van der Waals surface area contributed by atoms with Gasteiger partial charge in [0.1, 0.15) is 5.75 Å². The molecule has 1 aromatic rings. The maximum atomic E-state index is 11.2. The fraction of sp³-hybridized carbons (Fsp3) is 0.364. The highest BCUT2D eigenvalue weighted by Gasteiger charge is 2.05. The highest BCUT2D eigenvalue weighted by atomic mass is 16.5. The summed E-state index contributed by atoms with van der Waals surface area (Å²) in [4.78, 5) is 12.8. The van der Waals surface area contributed by atoms with Crippen LogP contribution in [0.1, 0.15) is 5.56 Å². The number of nitrogens with zero attached hydrogens (tertiary/aromatic N) is 1. The van der Waals surface area contributed by atoms with Crippen molar-refractivity contribution in [2.75, 3.05) is 21.2 Å². The lowest BCUT2D eigenvalue weighted by atomic mass is 10.2. The number of benzene rings is 1. The molecule has 0 atom stereocenters. The number of carbonyl (C=O) groups excluding carboxylic acids is 1. The minimum atomic E-state index is -0.0918. The van der Waals surface area contributed by atoms with Crippen molar-refractivity contribution in [1.29, 1.82) is 0 Å². The van der Waals surface area contributed by atoms with Crippen molar-refractivity contribution >= 4 is 6.03 Å². The molecule has 0 fully saturated rings. The molecule has 0 saturated carbocycles. The third kappa shape index (κ3) is 3.16. The Hall–Kier alpha value is -1.71. The number of urea groups is 1. The molecule has 2 amide bonds. The molecule has 0 unspecified atom stereocenters. The molecule has 0 saturated heterocycles. The Morgan fingerprint density at radius 3 is 2.47 bits per heavy atom. The maximum Gasteiger partial charge on any atom is 0.317 e. The number of hydrogen-bond acceptors (Lipinski definition) is 2. The second-order valence-corrected chi connectivity index (χ2v) is 3.26. The first-order valence-electron chi connectivity index (χ1n) is 4.73. The highest BCUT2D eigenvalue weighted by molar-refractivity contribution is 5.73. The zero-order valence-electron chi connectivity index (χ0n) is 9.28. The summed E-state index contributed by atoms with van der Waals surface area (Å²) in [6, 6.07) is 7.56. The molecular weight excluding hydrogens is 192 g/mol. The minimum Gasteiger partial charge on any atom is -0.497 e. The summed E-state index contributed by atoms with van der Waals surface area (Å²) < 4.78 is 5.05. The van der Waals surface area contributed by atoms with Gasteiger partial charge in [-0.3, -0.25) is 0 Å². The van der Waals surface area contributed by atoms with Crippen molar-refractivity contribution in [3.8, 4) is 5.75 Å². The van der Waals surface area contributed by atoms with Gasteiger partial charge >= 0.3 is 6.03 Å². The Kier molecular flexibility index (Phi) is 3.97. The first-order chi connectivity index (χ1) is 7.17. The molecule has 82 valence electrons. The van der Waals surface area contributed by atoms with Crippen LogP contribution in [0.15, 0.2) is 24.3 Å². The van der Waals surface area contributed by atoms with Gasteiger partial charge in [0, 0.05) is 20.6 Å². The standard InChI is InChI=1S/C11H16N2O2/c1-12-11(14)13(2)8-9-4-6-10(15-3)7-5-9/h4-7H,8H2,1-3H3,(H,12,14).